The Balaban J connectivity index is 0.000000120. The van der Waals surface area contributed by atoms with Crippen LogP contribution in [0.3, 0.4) is 0 Å². The summed E-state index contributed by atoms with van der Waals surface area (Å²) in [5.41, 5.74) is 32.1. The molecular formula is C92H98. The summed E-state index contributed by atoms with van der Waals surface area (Å²) in [6, 6.07) is 35.3. The highest BCUT2D eigenvalue weighted by molar-refractivity contribution is 5.79. The standard InChI is InChI=1S/C32H38.C31H28.C29H32/c1-2-26-12-7-14-27(26)13-6-9-24-17-19-25(20-18-24)23-29-21-22-31(28-10-4-3-5-11-28)32-16-8-15-30(29)32;1-21-8-11-26(18-21)24-12-9-22(10-13-24)19-27-16-17-30(31-7-3-6-29(27)31)28-15-14-23-4-2-5-25(23)20-28;1-3-8-22(9-4-1)20-23-14-16-24(17-15-23)21-26-18-19-28(25-10-5-2-6-11-25)29-13-7-12-27(26)29/h4,8,10-11,15-22,26-27,32H,2-3,5-7,9,12-14,23H2,1H3;3,6-17,20,31H,2,4-5,18-19H2,1H3;5,7,10-19,22,29H,1-4,6,8-9,20-21H2. The molecule has 0 aromatic heterocycles. The minimum absolute atomic E-state index is 0.399. The molecule has 0 heterocycles. The van der Waals surface area contributed by atoms with Gasteiger partial charge in [-0.05, 0) is 238 Å². The van der Waals surface area contributed by atoms with Crippen molar-refractivity contribution in [3.63, 3.8) is 0 Å². The Hall–Kier alpha value is -7.80. The van der Waals surface area contributed by atoms with Crippen molar-refractivity contribution in [1.29, 1.82) is 0 Å². The van der Waals surface area contributed by atoms with Crippen LogP contribution in [0.4, 0.5) is 0 Å². The molecule has 0 amide bonds. The molecule has 0 spiro atoms. The highest BCUT2D eigenvalue weighted by atomic mass is 14.3. The first kappa shape index (κ1) is 61.7. The minimum atomic E-state index is 0.399. The second kappa shape index (κ2) is 29.4. The van der Waals surface area contributed by atoms with Crippen LogP contribution in [0.2, 0.25) is 0 Å². The molecule has 0 nitrogen and oxygen atoms in total. The van der Waals surface area contributed by atoms with Crippen molar-refractivity contribution in [2.45, 2.75) is 168 Å². The summed E-state index contributed by atoms with van der Waals surface area (Å²) >= 11 is 0. The summed E-state index contributed by atoms with van der Waals surface area (Å²) < 4.78 is 0. The summed E-state index contributed by atoms with van der Waals surface area (Å²) in [5, 5.41) is 0. The number of hydrogen-bond donors (Lipinski definition) is 0. The highest BCUT2D eigenvalue weighted by Crippen LogP contribution is 2.45. The molecule has 16 rings (SSSR count). The number of rotatable bonds is 17. The van der Waals surface area contributed by atoms with Crippen LogP contribution in [-0.2, 0) is 44.9 Å². The molecule has 0 bridgehead atoms. The maximum absolute atomic E-state index is 2.45. The maximum Gasteiger partial charge on any atom is 0.0281 e. The van der Waals surface area contributed by atoms with Gasteiger partial charge < -0.3 is 0 Å². The van der Waals surface area contributed by atoms with E-state index in [9.17, 15) is 0 Å². The van der Waals surface area contributed by atoms with E-state index < -0.39 is 0 Å². The number of allylic oxidation sites excluding steroid dienone is 36. The zero-order chi connectivity index (χ0) is 62.0. The second-order valence-electron chi connectivity index (χ2n) is 28.7. The van der Waals surface area contributed by atoms with Gasteiger partial charge in [0.1, 0.15) is 0 Å². The summed E-state index contributed by atoms with van der Waals surface area (Å²) in [6.07, 6.45) is 84.5. The first-order valence-electron chi connectivity index (χ1n) is 36.3. The fourth-order valence-corrected chi connectivity index (χ4v) is 17.4. The summed E-state index contributed by atoms with van der Waals surface area (Å²) in [4.78, 5) is 0. The van der Waals surface area contributed by atoms with E-state index in [0.29, 0.717) is 17.8 Å². The molecule has 4 aromatic carbocycles. The molecule has 0 radical (unpaired) electrons. The Morgan fingerprint density at radius 1 is 0.413 bits per heavy atom. The molecule has 12 aliphatic carbocycles. The third-order valence-electron chi connectivity index (χ3n) is 22.6. The SMILES string of the molecule is C1=CC2C(C3=CCCC=C3)=CC=C(Cc3ccc(CC4CCCCC4)cc3)C2=C1.CC1=CC=C(c2ccc(CC3=CC=C(c4ccc5c(c4)CCC5)C4C=CC=C34)cc2)C1.CCC1CCCC1CCCc1ccc(CC2=CC=C(C3=CCCC=C3)C3C=CC=C23)cc1. The molecule has 5 unspecified atom stereocenters. The van der Waals surface area contributed by atoms with E-state index in [1.807, 2.05) is 0 Å². The smallest absolute Gasteiger partial charge is 0.0281 e. The topological polar surface area (TPSA) is 0 Å². The summed E-state index contributed by atoms with van der Waals surface area (Å²) in [7, 11) is 0. The van der Waals surface area contributed by atoms with Crippen LogP contribution in [0.5, 0.6) is 0 Å². The fraction of sp³-hybridized carbons (Fsp3) is 0.348. The highest BCUT2D eigenvalue weighted by Gasteiger charge is 2.31. The van der Waals surface area contributed by atoms with Crippen LogP contribution in [0, 0.1) is 35.5 Å². The minimum Gasteiger partial charge on any atom is -0.0836 e. The van der Waals surface area contributed by atoms with Gasteiger partial charge in [0.2, 0.25) is 0 Å². The van der Waals surface area contributed by atoms with E-state index >= 15 is 0 Å². The van der Waals surface area contributed by atoms with Gasteiger partial charge in [-0.2, -0.15) is 0 Å². The molecule has 0 aliphatic heterocycles. The predicted molar refractivity (Wildman–Crippen MR) is 393 cm³/mol. The first-order chi connectivity index (χ1) is 45.4. The van der Waals surface area contributed by atoms with E-state index in [-0.39, 0.29) is 0 Å². The Morgan fingerprint density at radius 2 is 0.935 bits per heavy atom. The third kappa shape index (κ3) is 14.5. The van der Waals surface area contributed by atoms with Gasteiger partial charge in [0, 0.05) is 17.8 Å². The van der Waals surface area contributed by atoms with Gasteiger partial charge in [-0.15, -0.1) is 0 Å². The monoisotopic (exact) mass is 1200 g/mol. The van der Waals surface area contributed by atoms with Gasteiger partial charge >= 0.3 is 0 Å². The number of fused-ring (bicyclic) bond motifs is 4. The molecule has 2 saturated carbocycles. The van der Waals surface area contributed by atoms with E-state index in [1.54, 1.807) is 11.1 Å². The zero-order valence-corrected chi connectivity index (χ0v) is 55.4. The lowest BCUT2D eigenvalue weighted by Crippen LogP contribution is -2.12. The molecular weight excluding hydrogens is 1110 g/mol. The quantitative estimate of drug-likeness (QED) is 0.0988. The lowest BCUT2D eigenvalue weighted by Gasteiger charge is -2.26. The summed E-state index contributed by atoms with van der Waals surface area (Å²) in [5.74, 6) is 4.19. The van der Waals surface area contributed by atoms with Crippen LogP contribution in [-0.4, -0.2) is 0 Å². The van der Waals surface area contributed by atoms with Crippen molar-refractivity contribution in [2.75, 3.05) is 0 Å². The van der Waals surface area contributed by atoms with E-state index in [2.05, 4.69) is 245 Å². The van der Waals surface area contributed by atoms with E-state index in [1.165, 1.54) is 240 Å². The van der Waals surface area contributed by atoms with Gasteiger partial charge in [-0.1, -0.05) is 301 Å². The van der Waals surface area contributed by atoms with Crippen molar-refractivity contribution in [3.8, 4) is 0 Å². The van der Waals surface area contributed by atoms with E-state index in [4.69, 9.17) is 0 Å². The van der Waals surface area contributed by atoms with Crippen LogP contribution in [0.1, 0.15) is 173 Å². The molecule has 2 fully saturated rings. The van der Waals surface area contributed by atoms with Crippen molar-refractivity contribution in [3.05, 3.63) is 342 Å². The van der Waals surface area contributed by atoms with Crippen molar-refractivity contribution in [1.82, 2.24) is 0 Å². The average molecular weight is 1200 g/mol. The number of benzene rings is 4. The molecule has 0 N–H and O–H groups in total. The maximum atomic E-state index is 2.45. The Morgan fingerprint density at radius 3 is 1.49 bits per heavy atom. The first-order valence-corrected chi connectivity index (χ1v) is 36.3. The predicted octanol–water partition coefficient (Wildman–Crippen LogP) is 23.8. The Bertz CT molecular complexity index is 3970. The van der Waals surface area contributed by atoms with Crippen LogP contribution >= 0.6 is 0 Å². The molecule has 5 atom stereocenters. The van der Waals surface area contributed by atoms with Crippen LogP contribution < -0.4 is 0 Å². The second-order valence-corrected chi connectivity index (χ2v) is 28.7. The molecule has 4 aromatic rings. The number of hydrogen-bond acceptors (Lipinski definition) is 0. The molecule has 12 aliphatic rings. The normalized spacial score (nSPS) is 23.9. The lowest BCUT2D eigenvalue weighted by molar-refractivity contribution is 0.347. The fourth-order valence-electron chi connectivity index (χ4n) is 17.4. The largest absolute Gasteiger partial charge is 0.0836 e. The van der Waals surface area contributed by atoms with Gasteiger partial charge in [-0.25, -0.2) is 0 Å². The number of aryl methyl sites for hydroxylation is 3. The van der Waals surface area contributed by atoms with Gasteiger partial charge in [0.25, 0.3) is 0 Å². The van der Waals surface area contributed by atoms with Crippen molar-refractivity contribution >= 4 is 11.1 Å². The Kier molecular flexibility index (Phi) is 19.7. The van der Waals surface area contributed by atoms with Crippen molar-refractivity contribution < 1.29 is 0 Å². The Labute approximate surface area is 553 Å². The van der Waals surface area contributed by atoms with Gasteiger partial charge in [0.05, 0.1) is 0 Å². The summed E-state index contributed by atoms with van der Waals surface area (Å²) in [6.45, 7) is 4.59. The van der Waals surface area contributed by atoms with Crippen molar-refractivity contribution in [2.24, 2.45) is 35.5 Å². The van der Waals surface area contributed by atoms with Gasteiger partial charge in [0.15, 0.2) is 0 Å². The average Bonchev–Trinajstić information content (AvgIpc) is 1.71. The van der Waals surface area contributed by atoms with Gasteiger partial charge in [-0.3, -0.25) is 0 Å². The molecule has 0 heteroatoms. The third-order valence-corrected chi connectivity index (χ3v) is 22.6. The molecule has 0 saturated heterocycles. The molecule has 92 heavy (non-hydrogen) atoms. The van der Waals surface area contributed by atoms with Crippen LogP contribution in [0.25, 0.3) is 11.1 Å². The zero-order valence-electron chi connectivity index (χ0n) is 55.4. The van der Waals surface area contributed by atoms with E-state index in [0.717, 1.165) is 43.4 Å². The van der Waals surface area contributed by atoms with Crippen LogP contribution in [0.15, 0.2) is 292 Å². The lowest BCUT2D eigenvalue weighted by atomic mass is 9.78. The molecule has 466 valence electrons.